The van der Waals surface area contributed by atoms with Crippen molar-refractivity contribution in [2.75, 3.05) is 7.11 Å². The van der Waals surface area contributed by atoms with Gasteiger partial charge in [0, 0.05) is 17.8 Å². The van der Waals surface area contributed by atoms with Gasteiger partial charge in [-0.3, -0.25) is 9.69 Å². The molecule has 0 unspecified atom stereocenters. The number of amides is 1. The number of halogens is 1. The molecule has 0 saturated carbocycles. The summed E-state index contributed by atoms with van der Waals surface area (Å²) >= 11 is 6.23. The van der Waals surface area contributed by atoms with Crippen LogP contribution in [0.3, 0.4) is 0 Å². The van der Waals surface area contributed by atoms with E-state index < -0.39 is 5.41 Å². The Morgan fingerprint density at radius 3 is 2.40 bits per heavy atom. The van der Waals surface area contributed by atoms with Gasteiger partial charge in [0.05, 0.1) is 18.6 Å². The van der Waals surface area contributed by atoms with Gasteiger partial charge in [0.2, 0.25) is 0 Å². The van der Waals surface area contributed by atoms with Gasteiger partial charge in [-0.2, -0.15) is 0 Å². The van der Waals surface area contributed by atoms with E-state index in [0.29, 0.717) is 12.8 Å². The van der Waals surface area contributed by atoms with E-state index in [2.05, 4.69) is 0 Å². The van der Waals surface area contributed by atoms with Gasteiger partial charge in [-0.25, -0.2) is 4.79 Å². The minimum absolute atomic E-state index is 0.00136. The third-order valence-corrected chi connectivity index (χ3v) is 4.32. The number of esters is 1. The normalized spacial score (nSPS) is 33.0. The van der Waals surface area contributed by atoms with Gasteiger partial charge in [0.15, 0.2) is 0 Å². The summed E-state index contributed by atoms with van der Waals surface area (Å²) < 4.78 is 10.4. The molecule has 0 aromatic heterocycles. The largest absolute Gasteiger partial charge is 0.460 e. The number of hydrogen-bond donors (Lipinski definition) is 0. The number of methoxy groups -OCH3 is 1. The minimum atomic E-state index is -0.548. The highest BCUT2D eigenvalue weighted by Gasteiger charge is 2.51. The van der Waals surface area contributed by atoms with Crippen molar-refractivity contribution in [3.8, 4) is 0 Å². The molecule has 0 N–H and O–H groups in total. The number of alkyl halides is 1. The van der Waals surface area contributed by atoms with Crippen LogP contribution in [0.15, 0.2) is 0 Å². The molecule has 2 fully saturated rings. The highest BCUT2D eigenvalue weighted by atomic mass is 35.5. The molecule has 2 heterocycles. The summed E-state index contributed by atoms with van der Waals surface area (Å²) in [6.45, 7) is 5.45. The number of hydrogen-bond acceptors (Lipinski definition) is 4. The third kappa shape index (κ3) is 2.87. The van der Waals surface area contributed by atoms with Crippen LogP contribution in [0.1, 0.15) is 40.0 Å². The average molecular weight is 304 g/mol. The molecule has 0 aromatic rings. The fourth-order valence-electron chi connectivity index (χ4n) is 2.95. The van der Waals surface area contributed by atoms with Crippen LogP contribution in [-0.2, 0) is 14.3 Å². The van der Waals surface area contributed by atoms with E-state index >= 15 is 0 Å². The van der Waals surface area contributed by atoms with Crippen LogP contribution >= 0.6 is 11.6 Å². The standard InChI is InChI=1S/C14H22ClNO4/c1-14(2,3)12(17)20-11-7-9-5-8(15)6-10(11)16(9)13(18)19-4/h8-11H,5-7H2,1-4H3/t8-,9+,10-,11+/m0/s1. The van der Waals surface area contributed by atoms with Crippen LogP contribution in [0.5, 0.6) is 0 Å². The number of piperidine rings is 1. The SMILES string of the molecule is COC(=O)N1[C@@H]2C[C@H](Cl)C[C@H]1[C@H](OC(=O)C(C)(C)C)C2. The predicted molar refractivity (Wildman–Crippen MR) is 74.6 cm³/mol. The van der Waals surface area contributed by atoms with E-state index in [1.54, 1.807) is 4.90 Å². The molecule has 2 aliphatic rings. The summed E-state index contributed by atoms with van der Waals surface area (Å²) in [6.07, 6.45) is 1.35. The van der Waals surface area contributed by atoms with Crippen molar-refractivity contribution in [1.29, 1.82) is 0 Å². The van der Waals surface area contributed by atoms with Crippen molar-refractivity contribution in [3.63, 3.8) is 0 Å². The number of carbonyl (C=O) groups excluding carboxylic acids is 2. The molecule has 4 atom stereocenters. The van der Waals surface area contributed by atoms with Crippen LogP contribution in [0.2, 0.25) is 0 Å². The van der Waals surface area contributed by atoms with E-state index in [1.165, 1.54) is 7.11 Å². The quantitative estimate of drug-likeness (QED) is 0.552. The first-order valence-corrected chi connectivity index (χ1v) is 7.39. The summed E-state index contributed by atoms with van der Waals surface area (Å²) in [5.74, 6) is -0.244. The highest BCUT2D eigenvalue weighted by molar-refractivity contribution is 6.20. The topological polar surface area (TPSA) is 55.8 Å². The van der Waals surface area contributed by atoms with Gasteiger partial charge in [-0.15, -0.1) is 11.6 Å². The first-order chi connectivity index (χ1) is 9.24. The number of rotatable bonds is 1. The van der Waals surface area contributed by atoms with Crippen molar-refractivity contribution in [1.82, 2.24) is 4.90 Å². The molecule has 2 bridgehead atoms. The molecular formula is C14H22ClNO4. The molecule has 0 radical (unpaired) electrons. The van der Waals surface area contributed by atoms with Crippen molar-refractivity contribution >= 4 is 23.7 Å². The monoisotopic (exact) mass is 303 g/mol. The lowest BCUT2D eigenvalue weighted by molar-refractivity contribution is -0.159. The summed E-state index contributed by atoms with van der Waals surface area (Å²) in [7, 11) is 1.37. The van der Waals surface area contributed by atoms with E-state index in [1.807, 2.05) is 20.8 Å². The maximum atomic E-state index is 12.0. The second-order valence-corrected chi connectivity index (χ2v) is 7.21. The van der Waals surface area contributed by atoms with Crippen LogP contribution in [0.4, 0.5) is 4.79 Å². The predicted octanol–water partition coefficient (Wildman–Crippen LogP) is 2.55. The minimum Gasteiger partial charge on any atom is -0.460 e. The summed E-state index contributed by atoms with van der Waals surface area (Å²) in [5.41, 5.74) is -0.548. The van der Waals surface area contributed by atoms with Gasteiger partial charge in [-0.05, 0) is 33.6 Å². The summed E-state index contributed by atoms with van der Waals surface area (Å²) in [5, 5.41) is 0.0178. The van der Waals surface area contributed by atoms with Gasteiger partial charge < -0.3 is 9.47 Å². The Morgan fingerprint density at radius 2 is 1.85 bits per heavy atom. The molecule has 1 amide bonds. The summed E-state index contributed by atoms with van der Waals surface area (Å²) in [4.78, 5) is 25.6. The zero-order valence-corrected chi connectivity index (χ0v) is 13.1. The fourth-order valence-corrected chi connectivity index (χ4v) is 3.34. The zero-order chi connectivity index (χ0) is 15.1. The van der Waals surface area contributed by atoms with Crippen LogP contribution < -0.4 is 0 Å². The Bertz CT molecular complexity index is 406. The fraction of sp³-hybridized carbons (Fsp3) is 0.857. The number of fused-ring (bicyclic) bond motifs is 2. The van der Waals surface area contributed by atoms with Gasteiger partial charge >= 0.3 is 12.1 Å². The molecule has 0 aliphatic carbocycles. The maximum Gasteiger partial charge on any atom is 0.410 e. The van der Waals surface area contributed by atoms with Crippen molar-refractivity contribution in [3.05, 3.63) is 0 Å². The van der Waals surface area contributed by atoms with E-state index in [4.69, 9.17) is 21.1 Å². The van der Waals surface area contributed by atoms with Crippen molar-refractivity contribution in [2.45, 2.75) is 63.6 Å². The number of carbonyl (C=O) groups is 2. The van der Waals surface area contributed by atoms with Gasteiger partial charge in [-0.1, -0.05) is 0 Å². The lowest BCUT2D eigenvalue weighted by Gasteiger charge is -2.36. The Morgan fingerprint density at radius 1 is 1.20 bits per heavy atom. The molecule has 0 spiro atoms. The molecule has 0 aromatic carbocycles. The average Bonchev–Trinajstić information content (AvgIpc) is 2.56. The van der Waals surface area contributed by atoms with E-state index in [-0.39, 0.29) is 35.6 Å². The maximum absolute atomic E-state index is 12.0. The number of nitrogens with zero attached hydrogens (tertiary/aromatic N) is 1. The molecule has 2 saturated heterocycles. The van der Waals surface area contributed by atoms with Crippen molar-refractivity contribution < 1.29 is 19.1 Å². The smallest absolute Gasteiger partial charge is 0.410 e. The Balaban J connectivity index is 2.13. The van der Waals surface area contributed by atoms with E-state index in [9.17, 15) is 9.59 Å². The lowest BCUT2D eigenvalue weighted by Crippen LogP contribution is -2.49. The van der Waals surface area contributed by atoms with Crippen LogP contribution in [-0.4, -0.2) is 47.6 Å². The third-order valence-electron chi connectivity index (χ3n) is 3.97. The highest BCUT2D eigenvalue weighted by Crippen LogP contribution is 2.40. The zero-order valence-electron chi connectivity index (χ0n) is 12.4. The Hall–Kier alpha value is -0.970. The Labute approximate surface area is 124 Å². The molecule has 20 heavy (non-hydrogen) atoms. The molecular weight excluding hydrogens is 282 g/mol. The van der Waals surface area contributed by atoms with Gasteiger partial charge in [0.1, 0.15) is 6.10 Å². The van der Waals surface area contributed by atoms with Gasteiger partial charge in [0.25, 0.3) is 0 Å². The second-order valence-electron chi connectivity index (χ2n) is 6.60. The number of ether oxygens (including phenoxy) is 2. The van der Waals surface area contributed by atoms with Crippen LogP contribution in [0, 0.1) is 5.41 Å². The molecule has 114 valence electrons. The Kier molecular flexibility index (Phi) is 4.19. The molecule has 2 rings (SSSR count). The summed E-state index contributed by atoms with van der Waals surface area (Å²) in [6, 6.07) is -0.170. The second kappa shape index (κ2) is 5.43. The van der Waals surface area contributed by atoms with Crippen LogP contribution in [0.25, 0.3) is 0 Å². The molecule has 2 aliphatic heterocycles. The molecule has 5 nitrogen and oxygen atoms in total. The van der Waals surface area contributed by atoms with E-state index in [0.717, 1.165) is 6.42 Å². The van der Waals surface area contributed by atoms with Crippen molar-refractivity contribution in [2.24, 2.45) is 5.41 Å². The first kappa shape index (κ1) is 15.4. The lowest BCUT2D eigenvalue weighted by atomic mass is 9.97. The molecule has 6 heteroatoms. The first-order valence-electron chi connectivity index (χ1n) is 6.95.